The van der Waals surface area contributed by atoms with Gasteiger partial charge in [0, 0.05) is 6.04 Å². The maximum absolute atomic E-state index is 6.58. The third-order valence-electron chi connectivity index (χ3n) is 3.54. The molecule has 1 rings (SSSR count). The Morgan fingerprint density at radius 2 is 1.82 bits per heavy atom. The minimum absolute atomic E-state index is 0.292. The average molecular weight is 234 g/mol. The second-order valence-electron chi connectivity index (χ2n) is 5.27. The summed E-state index contributed by atoms with van der Waals surface area (Å²) >= 11 is 0. The number of nitrogens with two attached hydrogens (primary N) is 1. The highest BCUT2D eigenvalue weighted by Gasteiger charge is 2.32. The van der Waals surface area contributed by atoms with Crippen molar-refractivity contribution in [1.29, 1.82) is 0 Å². The van der Waals surface area contributed by atoms with Crippen LogP contribution in [0.3, 0.4) is 0 Å². The Morgan fingerprint density at radius 1 is 1.24 bits per heavy atom. The molecule has 0 aliphatic carbocycles. The zero-order valence-electron chi connectivity index (χ0n) is 11.6. The van der Waals surface area contributed by atoms with E-state index < -0.39 is 0 Å². The lowest BCUT2D eigenvalue weighted by molar-refractivity contribution is 0.175. The zero-order valence-corrected chi connectivity index (χ0v) is 11.6. The molecule has 0 aromatic heterocycles. The van der Waals surface area contributed by atoms with Gasteiger partial charge in [-0.05, 0) is 33.0 Å². The molecule has 0 saturated heterocycles. The Hall–Kier alpha value is -0.860. The van der Waals surface area contributed by atoms with Gasteiger partial charge in [-0.15, -0.1) is 0 Å². The van der Waals surface area contributed by atoms with E-state index in [9.17, 15) is 0 Å². The molecule has 2 atom stereocenters. The van der Waals surface area contributed by atoms with Crippen LogP contribution in [0.1, 0.15) is 38.7 Å². The van der Waals surface area contributed by atoms with Gasteiger partial charge in [0.15, 0.2) is 0 Å². The van der Waals surface area contributed by atoms with E-state index in [1.165, 1.54) is 18.4 Å². The highest BCUT2D eigenvalue weighted by atomic mass is 15.1. The number of hydrogen-bond acceptors (Lipinski definition) is 2. The van der Waals surface area contributed by atoms with Crippen molar-refractivity contribution in [3.05, 3.63) is 35.9 Å². The number of unbranched alkanes of at least 4 members (excludes halogenated alkanes) is 1. The van der Waals surface area contributed by atoms with Crippen LogP contribution in [0.25, 0.3) is 0 Å². The lowest BCUT2D eigenvalue weighted by Gasteiger charge is -2.39. The van der Waals surface area contributed by atoms with E-state index in [1.54, 1.807) is 0 Å². The maximum atomic E-state index is 6.58. The summed E-state index contributed by atoms with van der Waals surface area (Å²) in [5.41, 5.74) is 7.51. The number of rotatable bonds is 6. The Bertz CT molecular complexity index is 317. The molecule has 0 spiro atoms. The summed E-state index contributed by atoms with van der Waals surface area (Å²) in [6.07, 6.45) is 3.59. The summed E-state index contributed by atoms with van der Waals surface area (Å²) in [4.78, 5) is 2.25. The SMILES string of the molecule is CCCCC(N(C)C)C(C)(N)c1ccccc1. The van der Waals surface area contributed by atoms with Gasteiger partial charge in [-0.1, -0.05) is 50.1 Å². The molecule has 0 aliphatic heterocycles. The van der Waals surface area contributed by atoms with Gasteiger partial charge in [-0.3, -0.25) is 0 Å². The van der Waals surface area contributed by atoms with E-state index >= 15 is 0 Å². The van der Waals surface area contributed by atoms with Gasteiger partial charge in [0.25, 0.3) is 0 Å². The molecular weight excluding hydrogens is 208 g/mol. The van der Waals surface area contributed by atoms with Crippen molar-refractivity contribution in [1.82, 2.24) is 4.90 Å². The van der Waals surface area contributed by atoms with Gasteiger partial charge in [0.1, 0.15) is 0 Å². The van der Waals surface area contributed by atoms with Gasteiger partial charge < -0.3 is 10.6 Å². The fourth-order valence-corrected chi connectivity index (χ4v) is 2.48. The standard InChI is InChI=1S/C15H26N2/c1-5-6-12-14(17(3)4)15(2,16)13-10-8-7-9-11-13/h7-11,14H,5-6,12,16H2,1-4H3. The normalized spacial score (nSPS) is 16.8. The van der Waals surface area contributed by atoms with Crippen LogP contribution in [0, 0.1) is 0 Å². The smallest absolute Gasteiger partial charge is 0.0538 e. The Balaban J connectivity index is 2.91. The van der Waals surface area contributed by atoms with Crippen molar-refractivity contribution in [2.24, 2.45) is 5.73 Å². The molecule has 2 heteroatoms. The molecule has 96 valence electrons. The van der Waals surface area contributed by atoms with Gasteiger partial charge in [-0.25, -0.2) is 0 Å². The molecule has 2 nitrogen and oxygen atoms in total. The van der Waals surface area contributed by atoms with Crippen LogP contribution in [0.15, 0.2) is 30.3 Å². The predicted octanol–water partition coefficient (Wildman–Crippen LogP) is 2.98. The van der Waals surface area contributed by atoms with Crippen molar-refractivity contribution in [2.75, 3.05) is 14.1 Å². The predicted molar refractivity (Wildman–Crippen MR) is 75.0 cm³/mol. The summed E-state index contributed by atoms with van der Waals surface area (Å²) in [6, 6.07) is 10.8. The molecule has 0 aliphatic rings. The molecule has 2 unspecified atom stereocenters. The molecule has 0 saturated carbocycles. The molecule has 2 N–H and O–H groups in total. The topological polar surface area (TPSA) is 29.3 Å². The van der Waals surface area contributed by atoms with Gasteiger partial charge in [-0.2, -0.15) is 0 Å². The van der Waals surface area contributed by atoms with Crippen molar-refractivity contribution >= 4 is 0 Å². The molecule has 0 bridgehead atoms. The van der Waals surface area contributed by atoms with Crippen LogP contribution in [-0.2, 0) is 5.54 Å². The highest BCUT2D eigenvalue weighted by molar-refractivity contribution is 5.25. The Labute approximate surface area is 106 Å². The van der Waals surface area contributed by atoms with Crippen LogP contribution in [0.4, 0.5) is 0 Å². The Kier molecular flexibility index (Phi) is 5.16. The van der Waals surface area contributed by atoms with Gasteiger partial charge in [0.05, 0.1) is 5.54 Å². The third-order valence-corrected chi connectivity index (χ3v) is 3.54. The average Bonchev–Trinajstić information content (AvgIpc) is 2.30. The van der Waals surface area contributed by atoms with Crippen molar-refractivity contribution in [2.45, 2.75) is 44.7 Å². The van der Waals surface area contributed by atoms with Crippen LogP contribution in [0.5, 0.6) is 0 Å². The summed E-state index contributed by atoms with van der Waals surface area (Å²) in [5, 5.41) is 0. The summed E-state index contributed by atoms with van der Waals surface area (Å²) in [7, 11) is 4.24. The van der Waals surface area contributed by atoms with Crippen LogP contribution in [0.2, 0.25) is 0 Å². The first-order chi connectivity index (χ1) is 8.00. The minimum Gasteiger partial charge on any atom is -0.320 e. The number of likely N-dealkylation sites (N-methyl/N-ethyl adjacent to an activating group) is 1. The second-order valence-corrected chi connectivity index (χ2v) is 5.27. The Morgan fingerprint density at radius 3 is 2.29 bits per heavy atom. The van der Waals surface area contributed by atoms with E-state index in [4.69, 9.17) is 5.73 Å². The van der Waals surface area contributed by atoms with Gasteiger partial charge >= 0.3 is 0 Å². The summed E-state index contributed by atoms with van der Waals surface area (Å²) in [5.74, 6) is 0. The van der Waals surface area contributed by atoms with Crippen LogP contribution in [-0.4, -0.2) is 25.0 Å². The van der Waals surface area contributed by atoms with Crippen LogP contribution < -0.4 is 5.73 Å². The molecule has 17 heavy (non-hydrogen) atoms. The number of hydrogen-bond donors (Lipinski definition) is 1. The molecule has 1 aromatic rings. The first kappa shape index (κ1) is 14.2. The maximum Gasteiger partial charge on any atom is 0.0538 e. The first-order valence-electron chi connectivity index (χ1n) is 6.51. The molecule has 0 radical (unpaired) electrons. The highest BCUT2D eigenvalue weighted by Crippen LogP contribution is 2.27. The van der Waals surface area contributed by atoms with Crippen molar-refractivity contribution in [3.8, 4) is 0 Å². The third kappa shape index (κ3) is 3.55. The van der Waals surface area contributed by atoms with E-state index in [1.807, 2.05) is 6.07 Å². The van der Waals surface area contributed by atoms with E-state index in [0.717, 1.165) is 6.42 Å². The first-order valence-corrected chi connectivity index (χ1v) is 6.51. The number of nitrogens with zero attached hydrogens (tertiary/aromatic N) is 1. The molecule has 0 heterocycles. The monoisotopic (exact) mass is 234 g/mol. The second kappa shape index (κ2) is 6.18. The molecule has 1 aromatic carbocycles. The molecule has 0 fully saturated rings. The zero-order chi connectivity index (χ0) is 12.9. The molecule has 0 amide bonds. The lowest BCUT2D eigenvalue weighted by atomic mass is 9.82. The van der Waals surface area contributed by atoms with Gasteiger partial charge in [0.2, 0.25) is 0 Å². The summed E-state index contributed by atoms with van der Waals surface area (Å²) in [6.45, 7) is 4.37. The lowest BCUT2D eigenvalue weighted by Crippen LogP contribution is -2.52. The fourth-order valence-electron chi connectivity index (χ4n) is 2.48. The quantitative estimate of drug-likeness (QED) is 0.820. The van der Waals surface area contributed by atoms with E-state index in [0.29, 0.717) is 6.04 Å². The minimum atomic E-state index is -0.292. The van der Waals surface area contributed by atoms with Crippen molar-refractivity contribution in [3.63, 3.8) is 0 Å². The fraction of sp³-hybridized carbons (Fsp3) is 0.600. The van der Waals surface area contributed by atoms with E-state index in [2.05, 4.69) is 57.1 Å². The summed E-state index contributed by atoms with van der Waals surface area (Å²) < 4.78 is 0. The molecular formula is C15H26N2. The van der Waals surface area contributed by atoms with Crippen LogP contribution >= 0.6 is 0 Å². The number of benzene rings is 1. The largest absolute Gasteiger partial charge is 0.320 e. The van der Waals surface area contributed by atoms with Crippen molar-refractivity contribution < 1.29 is 0 Å². The van der Waals surface area contributed by atoms with E-state index in [-0.39, 0.29) is 5.54 Å².